The van der Waals surface area contributed by atoms with Crippen LogP contribution in [0.2, 0.25) is 0 Å². The van der Waals surface area contributed by atoms with Crippen LogP contribution in [-0.4, -0.2) is 34.3 Å². The van der Waals surface area contributed by atoms with E-state index in [0.717, 1.165) is 23.9 Å². The van der Waals surface area contributed by atoms with Crippen LogP contribution in [0.5, 0.6) is 0 Å². The van der Waals surface area contributed by atoms with Crippen molar-refractivity contribution in [1.29, 1.82) is 0 Å². The van der Waals surface area contributed by atoms with Gasteiger partial charge in [0.2, 0.25) is 0 Å². The number of ether oxygens (including phenoxy) is 1. The average Bonchev–Trinajstić information content (AvgIpc) is 2.69. The minimum absolute atomic E-state index is 0.0606. The van der Waals surface area contributed by atoms with Gasteiger partial charge in [0.1, 0.15) is 0 Å². The first-order valence-corrected chi connectivity index (χ1v) is 9.44. The van der Waals surface area contributed by atoms with Crippen molar-refractivity contribution >= 4 is 28.4 Å². The minimum Gasteiger partial charge on any atom is -0.383 e. The van der Waals surface area contributed by atoms with Gasteiger partial charge in [0.25, 0.3) is 5.56 Å². The highest BCUT2D eigenvalue weighted by Gasteiger charge is 2.21. The van der Waals surface area contributed by atoms with E-state index in [1.807, 2.05) is 0 Å². The predicted molar refractivity (Wildman–Crippen MR) is 104 cm³/mol. The maximum Gasteiger partial charge on any atom is 0.262 e. The molecule has 1 atom stereocenters. The highest BCUT2D eigenvalue weighted by Crippen LogP contribution is 2.25. The van der Waals surface area contributed by atoms with E-state index in [4.69, 9.17) is 4.74 Å². The smallest absolute Gasteiger partial charge is 0.262 e. The van der Waals surface area contributed by atoms with Crippen LogP contribution in [0, 0.1) is 11.6 Å². The Labute approximate surface area is 164 Å². The summed E-state index contributed by atoms with van der Waals surface area (Å²) in [6.45, 7) is 2.22. The molecule has 2 aromatic carbocycles. The number of hydrogen-bond acceptors (Lipinski definition) is 5. The summed E-state index contributed by atoms with van der Waals surface area (Å²) >= 11 is 1.09. The maximum atomic E-state index is 13.5. The van der Waals surface area contributed by atoms with Gasteiger partial charge < -0.3 is 4.74 Å². The van der Waals surface area contributed by atoms with E-state index < -0.39 is 16.9 Å². The van der Waals surface area contributed by atoms with Crippen LogP contribution in [-0.2, 0) is 11.3 Å². The number of rotatable bonds is 7. The lowest BCUT2D eigenvalue weighted by molar-refractivity contribution is 0.0993. The number of nitrogens with zero attached hydrogens (tertiary/aromatic N) is 2. The summed E-state index contributed by atoms with van der Waals surface area (Å²) in [7, 11) is 1.53. The molecule has 0 N–H and O–H groups in total. The van der Waals surface area contributed by atoms with E-state index in [1.54, 1.807) is 31.2 Å². The molecule has 0 bridgehead atoms. The largest absolute Gasteiger partial charge is 0.383 e. The molecule has 3 rings (SSSR count). The van der Waals surface area contributed by atoms with Crippen LogP contribution in [0.1, 0.15) is 17.3 Å². The van der Waals surface area contributed by atoms with E-state index in [1.165, 1.54) is 17.7 Å². The van der Waals surface area contributed by atoms with E-state index in [0.29, 0.717) is 22.7 Å². The highest BCUT2D eigenvalue weighted by atomic mass is 32.2. The quantitative estimate of drug-likeness (QED) is 0.342. The van der Waals surface area contributed by atoms with Gasteiger partial charge in [0.05, 0.1) is 29.3 Å². The minimum atomic E-state index is -1.08. The zero-order valence-corrected chi connectivity index (χ0v) is 16.1. The van der Waals surface area contributed by atoms with Crippen LogP contribution in [0.4, 0.5) is 8.78 Å². The topological polar surface area (TPSA) is 61.2 Å². The van der Waals surface area contributed by atoms with Crippen LogP contribution in [0.15, 0.2) is 52.4 Å². The third-order valence-electron chi connectivity index (χ3n) is 4.20. The number of thioether (sulfide) groups is 1. The predicted octanol–water partition coefficient (Wildman–Crippen LogP) is 3.68. The number of benzene rings is 2. The summed E-state index contributed by atoms with van der Waals surface area (Å²) in [5.41, 5.74) is 0.360. The Morgan fingerprint density at radius 1 is 1.21 bits per heavy atom. The summed E-state index contributed by atoms with van der Waals surface area (Å²) in [5.74, 6) is -2.48. The van der Waals surface area contributed by atoms with Crippen molar-refractivity contribution in [2.24, 2.45) is 0 Å². The fourth-order valence-corrected chi connectivity index (χ4v) is 3.72. The standard InChI is InChI=1S/C20H18F2N2O3S/c1-12(18(25)13-7-8-15(21)16(22)11-13)28-20-23-17-6-4-3-5-14(17)19(26)24(20)9-10-27-2/h3-8,11-12H,9-10H2,1-2H3/t12-/m0/s1. The van der Waals surface area contributed by atoms with Crippen molar-refractivity contribution in [3.05, 3.63) is 70.0 Å². The third-order valence-corrected chi connectivity index (χ3v) is 5.29. The van der Waals surface area contributed by atoms with Gasteiger partial charge >= 0.3 is 0 Å². The molecular weight excluding hydrogens is 386 g/mol. The number of para-hydroxylation sites is 1. The van der Waals surface area contributed by atoms with Crippen LogP contribution in [0.3, 0.4) is 0 Å². The van der Waals surface area contributed by atoms with E-state index in [2.05, 4.69) is 4.98 Å². The second kappa shape index (κ2) is 8.62. The number of fused-ring (bicyclic) bond motifs is 1. The monoisotopic (exact) mass is 404 g/mol. The molecule has 0 radical (unpaired) electrons. The molecular formula is C20H18F2N2O3S. The van der Waals surface area contributed by atoms with Crippen LogP contribution in [0.25, 0.3) is 10.9 Å². The molecule has 0 saturated heterocycles. The molecule has 1 heterocycles. The SMILES string of the molecule is COCCn1c(S[C@@H](C)C(=O)c2ccc(F)c(F)c2)nc2ccccc2c1=O. The number of carbonyl (C=O) groups excluding carboxylic acids is 1. The van der Waals surface area contributed by atoms with Crippen molar-refractivity contribution in [3.63, 3.8) is 0 Å². The lowest BCUT2D eigenvalue weighted by Gasteiger charge is -2.16. The number of methoxy groups -OCH3 is 1. The van der Waals surface area contributed by atoms with Crippen molar-refractivity contribution in [3.8, 4) is 0 Å². The molecule has 8 heteroatoms. The van der Waals surface area contributed by atoms with Gasteiger partial charge in [-0.3, -0.25) is 14.2 Å². The van der Waals surface area contributed by atoms with E-state index >= 15 is 0 Å². The zero-order valence-electron chi connectivity index (χ0n) is 15.3. The van der Waals surface area contributed by atoms with Gasteiger partial charge in [0, 0.05) is 12.7 Å². The molecule has 0 aliphatic carbocycles. The number of halogens is 2. The van der Waals surface area contributed by atoms with Gasteiger partial charge in [-0.05, 0) is 37.3 Å². The summed E-state index contributed by atoms with van der Waals surface area (Å²) < 4.78 is 33.1. The van der Waals surface area contributed by atoms with Gasteiger partial charge in [-0.2, -0.15) is 0 Å². The Balaban J connectivity index is 1.96. The molecule has 5 nitrogen and oxygen atoms in total. The van der Waals surface area contributed by atoms with E-state index in [9.17, 15) is 18.4 Å². The highest BCUT2D eigenvalue weighted by molar-refractivity contribution is 8.00. The summed E-state index contributed by atoms with van der Waals surface area (Å²) in [5, 5.41) is 0.179. The fraction of sp³-hybridized carbons (Fsp3) is 0.250. The number of Topliss-reactive ketones (excluding diaryl/α,β-unsaturated/α-hetero) is 1. The maximum absolute atomic E-state index is 13.5. The second-order valence-electron chi connectivity index (χ2n) is 6.11. The lowest BCUT2D eigenvalue weighted by atomic mass is 10.1. The Bertz CT molecular complexity index is 1080. The molecule has 0 aliphatic rings. The summed E-state index contributed by atoms with van der Waals surface area (Å²) in [6, 6.07) is 9.99. The first kappa shape index (κ1) is 20.2. The first-order valence-electron chi connectivity index (χ1n) is 8.57. The second-order valence-corrected chi connectivity index (χ2v) is 7.42. The molecule has 0 amide bonds. The number of aromatic nitrogens is 2. The molecule has 0 unspecified atom stereocenters. The third kappa shape index (κ3) is 4.13. The Morgan fingerprint density at radius 2 is 1.96 bits per heavy atom. The molecule has 146 valence electrons. The molecule has 0 aliphatic heterocycles. The van der Waals surface area contributed by atoms with E-state index in [-0.39, 0.29) is 23.5 Å². The molecule has 0 spiro atoms. The number of hydrogen-bond donors (Lipinski definition) is 0. The fourth-order valence-electron chi connectivity index (χ4n) is 2.71. The Kier molecular flexibility index (Phi) is 6.21. The Hall–Kier alpha value is -2.58. The van der Waals surface area contributed by atoms with Gasteiger partial charge in [-0.25, -0.2) is 13.8 Å². The summed E-state index contributed by atoms with van der Waals surface area (Å²) in [6.07, 6.45) is 0. The zero-order chi connectivity index (χ0) is 20.3. The van der Waals surface area contributed by atoms with Crippen LogP contribution >= 0.6 is 11.8 Å². The van der Waals surface area contributed by atoms with Crippen molar-refractivity contribution in [2.45, 2.75) is 23.9 Å². The van der Waals surface area contributed by atoms with Crippen molar-refractivity contribution in [2.75, 3.05) is 13.7 Å². The molecule has 0 saturated carbocycles. The molecule has 1 aromatic heterocycles. The summed E-state index contributed by atoms with van der Waals surface area (Å²) in [4.78, 5) is 30.0. The average molecular weight is 404 g/mol. The van der Waals surface area contributed by atoms with Gasteiger partial charge in [-0.15, -0.1) is 0 Å². The lowest BCUT2D eigenvalue weighted by Crippen LogP contribution is -2.26. The van der Waals surface area contributed by atoms with Gasteiger partial charge in [-0.1, -0.05) is 23.9 Å². The number of ketones is 1. The molecule has 3 aromatic rings. The molecule has 0 fully saturated rings. The number of carbonyl (C=O) groups is 1. The Morgan fingerprint density at radius 3 is 2.68 bits per heavy atom. The van der Waals surface area contributed by atoms with Crippen LogP contribution < -0.4 is 5.56 Å². The normalized spacial score (nSPS) is 12.3. The molecule has 28 heavy (non-hydrogen) atoms. The van der Waals surface area contributed by atoms with Crippen molar-refractivity contribution < 1.29 is 18.3 Å². The van der Waals surface area contributed by atoms with Gasteiger partial charge in [0.15, 0.2) is 22.6 Å². The van der Waals surface area contributed by atoms with Crippen molar-refractivity contribution in [1.82, 2.24) is 9.55 Å². The first-order chi connectivity index (χ1) is 13.4.